The van der Waals surface area contributed by atoms with Crippen molar-refractivity contribution in [3.8, 4) is 0 Å². The highest BCUT2D eigenvalue weighted by Crippen LogP contribution is 2.29. The number of para-hydroxylation sites is 1. The second-order valence-corrected chi connectivity index (χ2v) is 4.83. The highest BCUT2D eigenvalue weighted by atomic mass is 16.5. The molecule has 2 atom stereocenters. The molecule has 0 radical (unpaired) electrons. The van der Waals surface area contributed by atoms with Gasteiger partial charge in [0.1, 0.15) is 0 Å². The molecule has 1 amide bonds. The van der Waals surface area contributed by atoms with Gasteiger partial charge < -0.3 is 20.1 Å². The standard InChI is InChI=1S/C14H16N2O3/c15-14(18)10-7-16(11-4-2-1-3-9(10)11)12-5-6-19-8-13(12)17/h1-4,7,12-13,17H,5-6,8H2,(H2,15,18)/t12-,13-/m0/s1. The van der Waals surface area contributed by atoms with Crippen LogP contribution < -0.4 is 5.73 Å². The van der Waals surface area contributed by atoms with E-state index in [0.717, 1.165) is 17.3 Å². The molecule has 19 heavy (non-hydrogen) atoms. The zero-order chi connectivity index (χ0) is 13.4. The van der Waals surface area contributed by atoms with E-state index < -0.39 is 12.0 Å². The van der Waals surface area contributed by atoms with Crippen LogP contribution >= 0.6 is 0 Å². The molecule has 1 aromatic carbocycles. The van der Waals surface area contributed by atoms with Gasteiger partial charge in [-0.15, -0.1) is 0 Å². The van der Waals surface area contributed by atoms with Crippen molar-refractivity contribution in [1.29, 1.82) is 0 Å². The lowest BCUT2D eigenvalue weighted by Crippen LogP contribution is -2.33. The fraction of sp³-hybridized carbons (Fsp3) is 0.357. The van der Waals surface area contributed by atoms with E-state index in [4.69, 9.17) is 10.5 Å². The second-order valence-electron chi connectivity index (χ2n) is 4.83. The number of primary amides is 1. The molecule has 5 heteroatoms. The SMILES string of the molecule is NC(=O)c1cn([C@H]2CCOC[C@@H]2O)c2ccccc12. The average molecular weight is 260 g/mol. The molecule has 1 aliphatic heterocycles. The van der Waals surface area contributed by atoms with Crippen LogP contribution in [-0.4, -0.2) is 34.9 Å². The summed E-state index contributed by atoms with van der Waals surface area (Å²) in [7, 11) is 0. The van der Waals surface area contributed by atoms with Crippen LogP contribution in [0.5, 0.6) is 0 Å². The molecule has 0 aliphatic carbocycles. The number of aliphatic hydroxyl groups excluding tert-OH is 1. The summed E-state index contributed by atoms with van der Waals surface area (Å²) in [5.74, 6) is -0.448. The van der Waals surface area contributed by atoms with E-state index in [1.165, 1.54) is 0 Å². The van der Waals surface area contributed by atoms with Crippen LogP contribution in [-0.2, 0) is 4.74 Å². The fourth-order valence-electron chi connectivity index (χ4n) is 2.71. The van der Waals surface area contributed by atoms with E-state index in [2.05, 4.69) is 0 Å². The number of carbonyl (C=O) groups excluding carboxylic acids is 1. The van der Waals surface area contributed by atoms with Crippen LogP contribution in [0.4, 0.5) is 0 Å². The van der Waals surface area contributed by atoms with Gasteiger partial charge in [-0.1, -0.05) is 18.2 Å². The Hall–Kier alpha value is -1.85. The van der Waals surface area contributed by atoms with Gasteiger partial charge in [-0.2, -0.15) is 0 Å². The number of rotatable bonds is 2. The Morgan fingerprint density at radius 3 is 2.95 bits per heavy atom. The number of ether oxygens (including phenoxy) is 1. The number of hydrogen-bond donors (Lipinski definition) is 2. The molecule has 2 heterocycles. The Kier molecular flexibility index (Phi) is 3.00. The Morgan fingerprint density at radius 2 is 2.21 bits per heavy atom. The van der Waals surface area contributed by atoms with Crippen LogP contribution in [0.15, 0.2) is 30.5 Å². The van der Waals surface area contributed by atoms with Crippen molar-refractivity contribution in [3.05, 3.63) is 36.0 Å². The van der Waals surface area contributed by atoms with Crippen molar-refractivity contribution < 1.29 is 14.6 Å². The predicted octanol–water partition coefficient (Wildman–Crippen LogP) is 1.06. The maximum absolute atomic E-state index is 11.5. The van der Waals surface area contributed by atoms with E-state index in [0.29, 0.717) is 18.8 Å². The lowest BCUT2D eigenvalue weighted by Gasteiger charge is -2.29. The highest BCUT2D eigenvalue weighted by Gasteiger charge is 2.27. The van der Waals surface area contributed by atoms with E-state index in [9.17, 15) is 9.90 Å². The molecule has 3 N–H and O–H groups in total. The zero-order valence-corrected chi connectivity index (χ0v) is 10.5. The molecule has 1 aromatic heterocycles. The lowest BCUT2D eigenvalue weighted by atomic mass is 10.1. The molecule has 5 nitrogen and oxygen atoms in total. The van der Waals surface area contributed by atoms with E-state index in [-0.39, 0.29) is 6.04 Å². The molecule has 3 rings (SSSR count). The number of aromatic nitrogens is 1. The van der Waals surface area contributed by atoms with Gasteiger partial charge in [-0.3, -0.25) is 4.79 Å². The molecule has 1 saturated heterocycles. The first kappa shape index (κ1) is 12.2. The minimum absolute atomic E-state index is 0.0771. The van der Waals surface area contributed by atoms with Gasteiger partial charge in [0.25, 0.3) is 5.91 Å². The number of aliphatic hydroxyl groups is 1. The van der Waals surface area contributed by atoms with Gasteiger partial charge in [0.05, 0.1) is 24.3 Å². The van der Waals surface area contributed by atoms with Gasteiger partial charge >= 0.3 is 0 Å². The first-order valence-electron chi connectivity index (χ1n) is 6.33. The van der Waals surface area contributed by atoms with Gasteiger partial charge in [0, 0.05) is 23.7 Å². The van der Waals surface area contributed by atoms with Crippen molar-refractivity contribution in [2.75, 3.05) is 13.2 Å². The highest BCUT2D eigenvalue weighted by molar-refractivity contribution is 6.06. The number of amides is 1. The summed E-state index contributed by atoms with van der Waals surface area (Å²) < 4.78 is 7.19. The summed E-state index contributed by atoms with van der Waals surface area (Å²) in [6.45, 7) is 0.934. The molecule has 0 unspecified atom stereocenters. The molecule has 0 bridgehead atoms. The van der Waals surface area contributed by atoms with Crippen LogP contribution in [0.2, 0.25) is 0 Å². The van der Waals surface area contributed by atoms with E-state index in [1.807, 2.05) is 28.8 Å². The first-order valence-corrected chi connectivity index (χ1v) is 6.33. The topological polar surface area (TPSA) is 77.5 Å². The van der Waals surface area contributed by atoms with Crippen molar-refractivity contribution in [3.63, 3.8) is 0 Å². The van der Waals surface area contributed by atoms with Gasteiger partial charge in [-0.25, -0.2) is 0 Å². The second kappa shape index (κ2) is 4.68. The monoisotopic (exact) mass is 260 g/mol. The number of carbonyl (C=O) groups is 1. The Morgan fingerprint density at radius 1 is 1.42 bits per heavy atom. The maximum Gasteiger partial charge on any atom is 0.250 e. The summed E-state index contributed by atoms with van der Waals surface area (Å²) >= 11 is 0. The summed E-state index contributed by atoms with van der Waals surface area (Å²) in [6.07, 6.45) is 1.90. The Labute approximate surface area is 110 Å². The van der Waals surface area contributed by atoms with Gasteiger partial charge in [0.15, 0.2) is 0 Å². The molecular formula is C14H16N2O3. The van der Waals surface area contributed by atoms with E-state index >= 15 is 0 Å². The number of benzene rings is 1. The lowest BCUT2D eigenvalue weighted by molar-refractivity contribution is -0.0374. The quantitative estimate of drug-likeness (QED) is 0.847. The largest absolute Gasteiger partial charge is 0.389 e. The Balaban J connectivity index is 2.15. The Bertz CT molecular complexity index is 620. The zero-order valence-electron chi connectivity index (χ0n) is 10.5. The molecule has 100 valence electrons. The van der Waals surface area contributed by atoms with Crippen molar-refractivity contribution in [1.82, 2.24) is 4.57 Å². The predicted molar refractivity (Wildman–Crippen MR) is 70.9 cm³/mol. The van der Waals surface area contributed by atoms with Crippen molar-refractivity contribution in [2.24, 2.45) is 5.73 Å². The van der Waals surface area contributed by atoms with Crippen molar-refractivity contribution >= 4 is 16.8 Å². The number of fused-ring (bicyclic) bond motifs is 1. The molecule has 1 aliphatic rings. The first-order chi connectivity index (χ1) is 9.18. The van der Waals surface area contributed by atoms with Crippen LogP contribution in [0.25, 0.3) is 10.9 Å². The fourth-order valence-corrected chi connectivity index (χ4v) is 2.71. The summed E-state index contributed by atoms with van der Waals surface area (Å²) in [5, 5.41) is 10.9. The molecule has 0 spiro atoms. The third-order valence-corrected chi connectivity index (χ3v) is 3.65. The molecule has 2 aromatic rings. The molecular weight excluding hydrogens is 244 g/mol. The minimum atomic E-state index is -0.565. The third-order valence-electron chi connectivity index (χ3n) is 3.65. The van der Waals surface area contributed by atoms with Crippen LogP contribution in [0.3, 0.4) is 0 Å². The third kappa shape index (κ3) is 2.01. The summed E-state index contributed by atoms with van der Waals surface area (Å²) in [5.41, 5.74) is 6.83. The normalized spacial score (nSPS) is 23.6. The van der Waals surface area contributed by atoms with Gasteiger partial charge in [-0.05, 0) is 12.5 Å². The van der Waals surface area contributed by atoms with Crippen LogP contribution in [0.1, 0.15) is 22.8 Å². The van der Waals surface area contributed by atoms with Crippen molar-refractivity contribution in [2.45, 2.75) is 18.6 Å². The number of hydrogen-bond acceptors (Lipinski definition) is 3. The smallest absolute Gasteiger partial charge is 0.250 e. The average Bonchev–Trinajstić information content (AvgIpc) is 2.79. The van der Waals surface area contributed by atoms with E-state index in [1.54, 1.807) is 6.20 Å². The number of nitrogens with zero attached hydrogens (tertiary/aromatic N) is 1. The summed E-state index contributed by atoms with van der Waals surface area (Å²) in [6, 6.07) is 7.52. The van der Waals surface area contributed by atoms with Gasteiger partial charge in [0.2, 0.25) is 0 Å². The molecule has 0 saturated carbocycles. The molecule has 1 fully saturated rings. The minimum Gasteiger partial charge on any atom is -0.389 e. The maximum atomic E-state index is 11.5. The summed E-state index contributed by atoms with van der Waals surface area (Å²) in [4.78, 5) is 11.5. The number of nitrogens with two attached hydrogens (primary N) is 1. The van der Waals surface area contributed by atoms with Crippen LogP contribution in [0, 0.1) is 0 Å².